The number of aryl methyl sites for hydroxylation is 1. The first-order valence-electron chi connectivity index (χ1n) is 10.0. The lowest BCUT2D eigenvalue weighted by atomic mass is 10.2. The highest BCUT2D eigenvalue weighted by Crippen LogP contribution is 2.25. The fraction of sp³-hybridized carbons (Fsp3) is 0.650. The molecule has 1 aliphatic heterocycles. The second kappa shape index (κ2) is 10.1. The van der Waals surface area contributed by atoms with Gasteiger partial charge in [0.2, 0.25) is 15.9 Å². The third kappa shape index (κ3) is 5.28. The Morgan fingerprint density at radius 2 is 2.00 bits per heavy atom. The monoisotopic (exact) mass is 427 g/mol. The average Bonchev–Trinajstić information content (AvgIpc) is 2.69. The number of carbonyl (C=O) groups excluding carboxylic acids is 1. The van der Waals surface area contributed by atoms with E-state index in [4.69, 9.17) is 0 Å². The van der Waals surface area contributed by atoms with Crippen LogP contribution in [-0.2, 0) is 14.8 Å². The highest BCUT2D eigenvalue weighted by molar-refractivity contribution is 8.00. The lowest BCUT2D eigenvalue weighted by Gasteiger charge is -2.35. The van der Waals surface area contributed by atoms with Gasteiger partial charge in [-0.3, -0.25) is 9.69 Å². The summed E-state index contributed by atoms with van der Waals surface area (Å²) in [6.07, 6.45) is 1.10. The fourth-order valence-electron chi connectivity index (χ4n) is 3.41. The summed E-state index contributed by atoms with van der Waals surface area (Å²) in [5, 5.41) is 3.48. The van der Waals surface area contributed by atoms with Crippen molar-refractivity contribution in [1.82, 2.24) is 9.21 Å². The van der Waals surface area contributed by atoms with Gasteiger partial charge in [-0.2, -0.15) is 16.1 Å². The average molecular weight is 428 g/mol. The molecule has 158 valence electrons. The van der Waals surface area contributed by atoms with Crippen LogP contribution < -0.4 is 5.32 Å². The summed E-state index contributed by atoms with van der Waals surface area (Å²) in [6, 6.07) is 4.84. The van der Waals surface area contributed by atoms with Gasteiger partial charge in [0, 0.05) is 42.9 Å². The molecule has 1 heterocycles. The molecule has 6 nitrogen and oxygen atoms in total. The lowest BCUT2D eigenvalue weighted by molar-refractivity contribution is -0.120. The van der Waals surface area contributed by atoms with E-state index in [1.807, 2.05) is 32.5 Å². The largest absolute Gasteiger partial charge is 0.325 e. The molecule has 2 unspecified atom stereocenters. The SMILES string of the molecule is CCC1CN(C(C)C(=O)Nc2ccc(C)c(S(=O)(=O)N(CC)CC)c2)CCS1. The standard InChI is InChI=1S/C20H33N3O3S2/c1-6-18-14-22(11-12-27-18)16(5)20(24)21-17-10-9-15(4)19(13-17)28(25,26)23(7-2)8-3/h9-10,13,16,18H,6-8,11-12,14H2,1-5H3,(H,21,24). The number of amides is 1. The summed E-state index contributed by atoms with van der Waals surface area (Å²) in [7, 11) is -3.57. The minimum atomic E-state index is -3.57. The molecule has 2 atom stereocenters. The molecule has 0 radical (unpaired) electrons. The number of nitrogens with one attached hydrogen (secondary N) is 1. The second-order valence-electron chi connectivity index (χ2n) is 7.13. The van der Waals surface area contributed by atoms with Crippen molar-refractivity contribution in [3.05, 3.63) is 23.8 Å². The molecule has 0 bridgehead atoms. The fourth-order valence-corrected chi connectivity index (χ4v) is 6.33. The number of hydrogen-bond donors (Lipinski definition) is 1. The Morgan fingerprint density at radius 3 is 2.61 bits per heavy atom. The van der Waals surface area contributed by atoms with E-state index in [0.717, 1.165) is 25.3 Å². The van der Waals surface area contributed by atoms with Crippen molar-refractivity contribution < 1.29 is 13.2 Å². The topological polar surface area (TPSA) is 69.7 Å². The maximum Gasteiger partial charge on any atom is 0.243 e. The number of anilines is 1. The zero-order chi connectivity index (χ0) is 20.9. The zero-order valence-electron chi connectivity index (χ0n) is 17.6. The van der Waals surface area contributed by atoms with E-state index in [2.05, 4.69) is 17.1 Å². The molecular formula is C20H33N3O3S2. The Kier molecular flexibility index (Phi) is 8.36. The van der Waals surface area contributed by atoms with Crippen LogP contribution in [0, 0.1) is 6.92 Å². The van der Waals surface area contributed by atoms with Gasteiger partial charge in [0.25, 0.3) is 0 Å². The van der Waals surface area contributed by atoms with Crippen molar-refractivity contribution in [3.63, 3.8) is 0 Å². The van der Waals surface area contributed by atoms with E-state index in [1.54, 1.807) is 25.1 Å². The number of sulfonamides is 1. The smallest absolute Gasteiger partial charge is 0.243 e. The molecule has 1 N–H and O–H groups in total. The summed E-state index contributed by atoms with van der Waals surface area (Å²) >= 11 is 1.97. The Bertz CT molecular complexity index is 779. The van der Waals surface area contributed by atoms with E-state index in [0.29, 0.717) is 29.6 Å². The van der Waals surface area contributed by atoms with Crippen molar-refractivity contribution in [3.8, 4) is 0 Å². The first-order valence-corrected chi connectivity index (χ1v) is 12.5. The summed E-state index contributed by atoms with van der Waals surface area (Å²) in [6.45, 7) is 12.1. The Hall–Kier alpha value is -1.09. The van der Waals surface area contributed by atoms with Gasteiger partial charge in [-0.25, -0.2) is 8.42 Å². The zero-order valence-corrected chi connectivity index (χ0v) is 19.2. The van der Waals surface area contributed by atoms with Gasteiger partial charge in [-0.05, 0) is 38.0 Å². The van der Waals surface area contributed by atoms with E-state index < -0.39 is 10.0 Å². The molecule has 1 aromatic carbocycles. The van der Waals surface area contributed by atoms with Crippen LogP contribution in [0.3, 0.4) is 0 Å². The predicted octanol–water partition coefficient (Wildman–Crippen LogP) is 3.18. The van der Waals surface area contributed by atoms with Crippen LogP contribution in [0.15, 0.2) is 23.1 Å². The molecule has 0 aliphatic carbocycles. The molecule has 1 fully saturated rings. The number of thioether (sulfide) groups is 1. The molecule has 1 amide bonds. The third-order valence-corrected chi connectivity index (χ3v) is 8.90. The molecule has 1 aliphatic rings. The number of nitrogens with zero attached hydrogens (tertiary/aromatic N) is 2. The second-order valence-corrected chi connectivity index (χ2v) is 10.4. The first kappa shape index (κ1) is 23.2. The molecule has 0 aromatic heterocycles. The van der Waals surface area contributed by atoms with Crippen LogP contribution in [0.4, 0.5) is 5.69 Å². The van der Waals surface area contributed by atoms with Gasteiger partial charge in [-0.15, -0.1) is 0 Å². The summed E-state index contributed by atoms with van der Waals surface area (Å²) < 4.78 is 27.2. The minimum absolute atomic E-state index is 0.100. The minimum Gasteiger partial charge on any atom is -0.325 e. The van der Waals surface area contributed by atoms with Crippen LogP contribution in [0.5, 0.6) is 0 Å². The van der Waals surface area contributed by atoms with Gasteiger partial charge in [0.15, 0.2) is 0 Å². The normalized spacial score (nSPS) is 19.6. The molecule has 0 spiro atoms. The van der Waals surface area contributed by atoms with Crippen LogP contribution in [-0.4, -0.2) is 66.8 Å². The quantitative estimate of drug-likeness (QED) is 0.690. The molecule has 1 aromatic rings. The molecule has 0 saturated carbocycles. The van der Waals surface area contributed by atoms with Crippen molar-refractivity contribution in [2.75, 3.05) is 37.2 Å². The van der Waals surface area contributed by atoms with E-state index in [9.17, 15) is 13.2 Å². The Balaban J connectivity index is 2.17. The van der Waals surface area contributed by atoms with E-state index in [-0.39, 0.29) is 16.8 Å². The van der Waals surface area contributed by atoms with Gasteiger partial charge < -0.3 is 5.32 Å². The van der Waals surface area contributed by atoms with E-state index >= 15 is 0 Å². The molecule has 8 heteroatoms. The first-order chi connectivity index (χ1) is 13.2. The molecule has 28 heavy (non-hydrogen) atoms. The molecular weight excluding hydrogens is 394 g/mol. The van der Waals surface area contributed by atoms with Crippen molar-refractivity contribution in [2.45, 2.75) is 57.2 Å². The maximum atomic E-state index is 12.9. The van der Waals surface area contributed by atoms with Crippen molar-refractivity contribution in [2.24, 2.45) is 0 Å². The summed E-state index contributed by atoms with van der Waals surface area (Å²) in [4.78, 5) is 15.2. The maximum absolute atomic E-state index is 12.9. The Morgan fingerprint density at radius 1 is 1.32 bits per heavy atom. The number of hydrogen-bond acceptors (Lipinski definition) is 5. The van der Waals surface area contributed by atoms with Gasteiger partial charge >= 0.3 is 0 Å². The predicted molar refractivity (Wildman–Crippen MR) is 117 cm³/mol. The van der Waals surface area contributed by atoms with Crippen LogP contribution in [0.25, 0.3) is 0 Å². The van der Waals surface area contributed by atoms with Crippen LogP contribution in [0.2, 0.25) is 0 Å². The van der Waals surface area contributed by atoms with Crippen LogP contribution in [0.1, 0.15) is 39.7 Å². The van der Waals surface area contributed by atoms with Gasteiger partial charge in [-0.1, -0.05) is 26.8 Å². The molecule has 1 saturated heterocycles. The number of benzene rings is 1. The van der Waals surface area contributed by atoms with Gasteiger partial charge in [0.05, 0.1) is 10.9 Å². The lowest BCUT2D eigenvalue weighted by Crippen LogP contribution is -2.48. The van der Waals surface area contributed by atoms with Crippen molar-refractivity contribution in [1.29, 1.82) is 0 Å². The van der Waals surface area contributed by atoms with Gasteiger partial charge in [0.1, 0.15) is 0 Å². The summed E-state index contributed by atoms with van der Waals surface area (Å²) in [5.74, 6) is 0.934. The number of carbonyl (C=O) groups is 1. The Labute approximate surface area is 174 Å². The highest BCUT2D eigenvalue weighted by Gasteiger charge is 2.28. The third-order valence-electron chi connectivity index (χ3n) is 5.33. The van der Waals surface area contributed by atoms with Crippen LogP contribution >= 0.6 is 11.8 Å². The highest BCUT2D eigenvalue weighted by atomic mass is 32.2. The molecule has 2 rings (SSSR count). The number of rotatable bonds is 8. The van der Waals surface area contributed by atoms with E-state index in [1.165, 1.54) is 4.31 Å². The van der Waals surface area contributed by atoms with Crippen molar-refractivity contribution >= 4 is 33.4 Å². The summed E-state index contributed by atoms with van der Waals surface area (Å²) in [5.41, 5.74) is 1.20.